The van der Waals surface area contributed by atoms with Crippen LogP contribution in [0, 0.1) is 6.92 Å². The van der Waals surface area contributed by atoms with Crippen LogP contribution in [0.1, 0.15) is 15.9 Å². The molecule has 4 heteroatoms. The van der Waals surface area contributed by atoms with E-state index in [0.717, 1.165) is 21.9 Å². The van der Waals surface area contributed by atoms with E-state index in [2.05, 4.69) is 11.9 Å². The van der Waals surface area contributed by atoms with Crippen molar-refractivity contribution in [2.75, 3.05) is 16.8 Å². The summed E-state index contributed by atoms with van der Waals surface area (Å²) in [5.74, 6) is 0.649. The lowest BCUT2D eigenvalue weighted by molar-refractivity contribution is 0.102. The van der Waals surface area contributed by atoms with E-state index in [9.17, 15) is 4.79 Å². The van der Waals surface area contributed by atoms with Crippen molar-refractivity contribution in [3.05, 3.63) is 66.2 Å². The van der Waals surface area contributed by atoms with Gasteiger partial charge in [0.05, 0.1) is 5.69 Å². The van der Waals surface area contributed by atoms with Crippen molar-refractivity contribution in [2.45, 2.75) is 11.8 Å². The monoisotopic (exact) mass is 298 g/mol. The standard InChI is InChI=1S/C17H18N2OS/c1-3-10-21-16-7-5-4-6-15(16)19-17(20)14-11-13(18)9-8-12(14)2/h3-9,11H,1,10,18H2,2H3,(H,19,20). The Morgan fingerprint density at radius 3 is 2.86 bits per heavy atom. The van der Waals surface area contributed by atoms with Crippen molar-refractivity contribution in [1.29, 1.82) is 0 Å². The zero-order chi connectivity index (χ0) is 15.2. The van der Waals surface area contributed by atoms with E-state index < -0.39 is 0 Å². The lowest BCUT2D eigenvalue weighted by Crippen LogP contribution is -2.14. The van der Waals surface area contributed by atoms with Gasteiger partial charge in [-0.3, -0.25) is 4.79 Å². The van der Waals surface area contributed by atoms with Crippen LogP contribution in [-0.2, 0) is 0 Å². The third-order valence-electron chi connectivity index (χ3n) is 3.00. The molecule has 0 aliphatic carbocycles. The minimum absolute atomic E-state index is 0.147. The number of carbonyl (C=O) groups is 1. The zero-order valence-corrected chi connectivity index (χ0v) is 12.7. The summed E-state index contributed by atoms with van der Waals surface area (Å²) in [6.45, 7) is 5.61. The van der Waals surface area contributed by atoms with Crippen LogP contribution in [0.2, 0.25) is 0 Å². The summed E-state index contributed by atoms with van der Waals surface area (Å²) in [5, 5.41) is 2.95. The van der Waals surface area contributed by atoms with Gasteiger partial charge in [0.15, 0.2) is 0 Å². The molecule has 2 rings (SSSR count). The highest BCUT2D eigenvalue weighted by molar-refractivity contribution is 7.99. The Bertz CT molecular complexity index is 668. The fraction of sp³-hybridized carbons (Fsp3) is 0.118. The Balaban J connectivity index is 2.23. The first-order chi connectivity index (χ1) is 10.1. The third kappa shape index (κ3) is 3.89. The van der Waals surface area contributed by atoms with Gasteiger partial charge in [-0.15, -0.1) is 18.3 Å². The van der Waals surface area contributed by atoms with Crippen LogP contribution in [0.5, 0.6) is 0 Å². The van der Waals surface area contributed by atoms with Gasteiger partial charge in [-0.1, -0.05) is 24.3 Å². The summed E-state index contributed by atoms with van der Waals surface area (Å²) in [6, 6.07) is 13.1. The lowest BCUT2D eigenvalue weighted by Gasteiger charge is -2.11. The molecule has 0 spiro atoms. The van der Waals surface area contributed by atoms with Crippen molar-refractivity contribution < 1.29 is 4.79 Å². The number of hydrogen-bond acceptors (Lipinski definition) is 3. The zero-order valence-electron chi connectivity index (χ0n) is 11.9. The van der Waals surface area contributed by atoms with E-state index in [1.807, 2.05) is 43.3 Å². The number of thioether (sulfide) groups is 1. The Morgan fingerprint density at radius 2 is 2.10 bits per heavy atom. The molecular formula is C17H18N2OS. The first-order valence-electron chi connectivity index (χ1n) is 6.62. The van der Waals surface area contributed by atoms with Crippen molar-refractivity contribution in [1.82, 2.24) is 0 Å². The first-order valence-corrected chi connectivity index (χ1v) is 7.60. The van der Waals surface area contributed by atoms with Crippen LogP contribution < -0.4 is 11.1 Å². The Hall–Kier alpha value is -2.20. The predicted octanol–water partition coefficient (Wildman–Crippen LogP) is 4.11. The summed E-state index contributed by atoms with van der Waals surface area (Å²) >= 11 is 1.63. The molecule has 0 aliphatic rings. The topological polar surface area (TPSA) is 55.1 Å². The number of nitrogens with one attached hydrogen (secondary N) is 1. The minimum Gasteiger partial charge on any atom is -0.399 e. The highest BCUT2D eigenvalue weighted by Crippen LogP contribution is 2.27. The van der Waals surface area contributed by atoms with Crippen LogP contribution >= 0.6 is 11.8 Å². The molecule has 0 fully saturated rings. The third-order valence-corrected chi connectivity index (χ3v) is 4.07. The maximum absolute atomic E-state index is 12.4. The molecule has 0 radical (unpaired) electrons. The lowest BCUT2D eigenvalue weighted by atomic mass is 10.1. The Morgan fingerprint density at radius 1 is 1.33 bits per heavy atom. The quantitative estimate of drug-likeness (QED) is 0.496. The molecule has 0 saturated heterocycles. The van der Waals surface area contributed by atoms with Gasteiger partial charge in [0.1, 0.15) is 0 Å². The normalized spacial score (nSPS) is 10.1. The van der Waals surface area contributed by atoms with Crippen molar-refractivity contribution in [3.8, 4) is 0 Å². The average Bonchev–Trinajstić information content (AvgIpc) is 2.48. The van der Waals surface area contributed by atoms with Gasteiger partial charge in [-0.05, 0) is 36.8 Å². The number of amides is 1. The smallest absolute Gasteiger partial charge is 0.256 e. The molecule has 0 atom stereocenters. The molecule has 0 aliphatic heterocycles. The molecule has 0 heterocycles. The number of nitrogen functional groups attached to an aromatic ring is 1. The fourth-order valence-corrected chi connectivity index (χ4v) is 2.67. The highest BCUT2D eigenvalue weighted by Gasteiger charge is 2.11. The Labute approximate surface area is 129 Å². The molecule has 2 aromatic rings. The van der Waals surface area contributed by atoms with Gasteiger partial charge >= 0.3 is 0 Å². The number of benzene rings is 2. The van der Waals surface area contributed by atoms with Gasteiger partial charge in [0, 0.05) is 21.9 Å². The second kappa shape index (κ2) is 6.99. The summed E-state index contributed by atoms with van der Waals surface area (Å²) in [6.07, 6.45) is 1.84. The van der Waals surface area contributed by atoms with E-state index in [1.165, 1.54) is 0 Å². The van der Waals surface area contributed by atoms with E-state index >= 15 is 0 Å². The van der Waals surface area contributed by atoms with Crippen LogP contribution in [0.15, 0.2) is 60.0 Å². The minimum atomic E-state index is -0.147. The Kier molecular flexibility index (Phi) is 5.06. The molecule has 3 nitrogen and oxygen atoms in total. The maximum Gasteiger partial charge on any atom is 0.256 e. The van der Waals surface area contributed by atoms with E-state index in [-0.39, 0.29) is 5.91 Å². The van der Waals surface area contributed by atoms with E-state index in [0.29, 0.717) is 11.3 Å². The first kappa shape index (κ1) is 15.2. The molecule has 108 valence electrons. The number of nitrogens with two attached hydrogens (primary N) is 1. The maximum atomic E-state index is 12.4. The molecule has 0 aromatic heterocycles. The van der Waals surface area contributed by atoms with Crippen LogP contribution in [0.4, 0.5) is 11.4 Å². The largest absolute Gasteiger partial charge is 0.399 e. The van der Waals surface area contributed by atoms with E-state index in [4.69, 9.17) is 5.73 Å². The van der Waals surface area contributed by atoms with Gasteiger partial charge in [-0.2, -0.15) is 0 Å². The molecule has 0 bridgehead atoms. The van der Waals surface area contributed by atoms with Crippen molar-refractivity contribution in [3.63, 3.8) is 0 Å². The fourth-order valence-electron chi connectivity index (χ4n) is 1.92. The van der Waals surface area contributed by atoms with Gasteiger partial charge < -0.3 is 11.1 Å². The van der Waals surface area contributed by atoms with Gasteiger partial charge in [0.2, 0.25) is 0 Å². The predicted molar refractivity (Wildman–Crippen MR) is 90.9 cm³/mol. The van der Waals surface area contributed by atoms with Gasteiger partial charge in [-0.25, -0.2) is 0 Å². The van der Waals surface area contributed by atoms with Crippen LogP contribution in [0.25, 0.3) is 0 Å². The van der Waals surface area contributed by atoms with Crippen molar-refractivity contribution >= 4 is 29.0 Å². The molecule has 2 aromatic carbocycles. The molecular weight excluding hydrogens is 280 g/mol. The summed E-state index contributed by atoms with van der Waals surface area (Å²) < 4.78 is 0. The van der Waals surface area contributed by atoms with Crippen molar-refractivity contribution in [2.24, 2.45) is 0 Å². The summed E-state index contributed by atoms with van der Waals surface area (Å²) in [4.78, 5) is 13.4. The average molecular weight is 298 g/mol. The number of anilines is 2. The number of hydrogen-bond donors (Lipinski definition) is 2. The summed E-state index contributed by atoms with van der Waals surface area (Å²) in [7, 11) is 0. The van der Waals surface area contributed by atoms with Crippen LogP contribution in [0.3, 0.4) is 0 Å². The molecule has 0 saturated carbocycles. The number of carbonyl (C=O) groups excluding carboxylic acids is 1. The number of para-hydroxylation sites is 1. The highest BCUT2D eigenvalue weighted by atomic mass is 32.2. The van der Waals surface area contributed by atoms with E-state index in [1.54, 1.807) is 23.9 Å². The second-order valence-corrected chi connectivity index (χ2v) is 5.69. The van der Waals surface area contributed by atoms with Gasteiger partial charge in [0.25, 0.3) is 5.91 Å². The number of aryl methyl sites for hydroxylation is 1. The molecule has 1 amide bonds. The SMILES string of the molecule is C=CCSc1ccccc1NC(=O)c1cc(N)ccc1C. The summed E-state index contributed by atoms with van der Waals surface area (Å²) in [5.41, 5.74) is 8.64. The second-order valence-electron chi connectivity index (χ2n) is 4.62. The molecule has 3 N–H and O–H groups in total. The molecule has 0 unspecified atom stereocenters. The molecule has 21 heavy (non-hydrogen) atoms. The van der Waals surface area contributed by atoms with Crippen LogP contribution in [-0.4, -0.2) is 11.7 Å². The number of rotatable bonds is 5.